The van der Waals surface area contributed by atoms with Gasteiger partial charge in [0, 0.05) is 6.54 Å². The third-order valence-corrected chi connectivity index (χ3v) is 8.19. The Labute approximate surface area is 209 Å². The van der Waals surface area contributed by atoms with Gasteiger partial charge in [0.05, 0.1) is 22.9 Å². The Hall–Kier alpha value is -3.91. The van der Waals surface area contributed by atoms with E-state index in [1.165, 1.54) is 18.2 Å². The molecule has 1 N–H and O–H groups in total. The zero-order valence-corrected chi connectivity index (χ0v) is 20.9. The first-order valence-corrected chi connectivity index (χ1v) is 13.3. The van der Waals surface area contributed by atoms with Gasteiger partial charge in [0.2, 0.25) is 9.84 Å². The van der Waals surface area contributed by atoms with Crippen molar-refractivity contribution in [3.63, 3.8) is 0 Å². The molecule has 0 amide bonds. The van der Waals surface area contributed by atoms with Crippen LogP contribution in [0.15, 0.2) is 81.3 Å². The van der Waals surface area contributed by atoms with Gasteiger partial charge in [-0.05, 0) is 67.6 Å². The van der Waals surface area contributed by atoms with Crippen LogP contribution in [-0.2, 0) is 34.0 Å². The number of fused-ring (bicyclic) bond motifs is 3. The van der Waals surface area contributed by atoms with Crippen molar-refractivity contribution in [1.82, 2.24) is 9.55 Å². The van der Waals surface area contributed by atoms with Crippen molar-refractivity contribution in [2.24, 2.45) is 0 Å². The molecule has 0 fully saturated rings. The van der Waals surface area contributed by atoms with Crippen molar-refractivity contribution in [3.05, 3.63) is 105 Å². The highest BCUT2D eigenvalue weighted by atomic mass is 32.2. The summed E-state index contributed by atoms with van der Waals surface area (Å²) in [5.74, 6) is -0.438. The van der Waals surface area contributed by atoms with Crippen LogP contribution in [0.3, 0.4) is 0 Å². The lowest BCUT2D eigenvalue weighted by Crippen LogP contribution is -2.22. The van der Waals surface area contributed by atoms with Gasteiger partial charge in [-0.15, -0.1) is 0 Å². The van der Waals surface area contributed by atoms with Gasteiger partial charge >= 0.3 is 5.97 Å². The molecule has 36 heavy (non-hydrogen) atoms. The van der Waals surface area contributed by atoms with Gasteiger partial charge in [-0.3, -0.25) is 4.79 Å². The summed E-state index contributed by atoms with van der Waals surface area (Å²) >= 11 is 0. The van der Waals surface area contributed by atoms with E-state index >= 15 is 0 Å². The predicted octanol–water partition coefficient (Wildman–Crippen LogP) is 4.31. The highest BCUT2D eigenvalue weighted by molar-refractivity contribution is 7.91. The second-order valence-electron chi connectivity index (χ2n) is 8.88. The molecule has 0 unspecified atom stereocenters. The average Bonchev–Trinajstić information content (AvgIpc) is 3.23. The van der Waals surface area contributed by atoms with Crippen LogP contribution in [0.25, 0.3) is 11.4 Å². The van der Waals surface area contributed by atoms with Crippen LogP contribution in [0, 0.1) is 6.92 Å². The minimum absolute atomic E-state index is 0.0689. The first kappa shape index (κ1) is 23.8. The Balaban J connectivity index is 1.68. The number of aryl methyl sites for hydroxylation is 3. The molecule has 0 aliphatic heterocycles. The lowest BCUT2D eigenvalue weighted by atomic mass is 9.94. The van der Waals surface area contributed by atoms with Crippen molar-refractivity contribution in [1.29, 1.82) is 0 Å². The Morgan fingerprint density at radius 3 is 2.47 bits per heavy atom. The molecule has 1 aliphatic carbocycles. The molecule has 0 saturated carbocycles. The molecule has 7 nitrogen and oxygen atoms in total. The monoisotopic (exact) mass is 502 g/mol. The van der Waals surface area contributed by atoms with E-state index in [0.717, 1.165) is 22.3 Å². The number of carbonyl (C=O) groups excluding carboxylic acids is 1. The molecule has 5 rings (SSSR count). The molecule has 2 heterocycles. The largest absolute Gasteiger partial charge is 0.461 e. The van der Waals surface area contributed by atoms with Crippen LogP contribution in [0.1, 0.15) is 39.7 Å². The molecular weight excluding hydrogens is 476 g/mol. The third kappa shape index (κ3) is 4.18. The van der Waals surface area contributed by atoms with Gasteiger partial charge < -0.3 is 14.3 Å². The zero-order valence-electron chi connectivity index (χ0n) is 20.1. The SMILES string of the molecule is CCOC(=O)c1cc2c(n1Cc1cccc(C)c1)-c1[nH]c(=O)c(S(=O)(=O)c3ccccc3)cc1CC2. The lowest BCUT2D eigenvalue weighted by molar-refractivity contribution is 0.0514. The number of carbonyl (C=O) groups is 1. The standard InChI is InChI=1S/C28H26N2O5S/c1-3-35-28(32)23-15-21-13-12-20-16-24(36(33,34)22-10-5-4-6-11-22)27(31)29-25(20)26(21)30(23)17-19-9-7-8-18(2)14-19/h4-11,14-16H,3,12-13,17H2,1-2H3,(H,29,31). The number of aromatic nitrogens is 2. The summed E-state index contributed by atoms with van der Waals surface area (Å²) in [6.45, 7) is 4.40. The van der Waals surface area contributed by atoms with Gasteiger partial charge in [0.25, 0.3) is 5.56 Å². The number of rotatable bonds is 6. The number of ether oxygens (including phenoxy) is 1. The van der Waals surface area contributed by atoms with Gasteiger partial charge in [-0.2, -0.15) is 0 Å². The number of benzene rings is 2. The summed E-state index contributed by atoms with van der Waals surface area (Å²) in [6.07, 6.45) is 1.14. The number of esters is 1. The third-order valence-electron chi connectivity index (χ3n) is 6.42. The number of H-pyrrole nitrogens is 1. The van der Waals surface area contributed by atoms with Crippen LogP contribution in [-0.4, -0.2) is 30.5 Å². The number of sulfone groups is 1. The smallest absolute Gasteiger partial charge is 0.354 e. The van der Waals surface area contributed by atoms with Crippen molar-refractivity contribution >= 4 is 15.8 Å². The maximum absolute atomic E-state index is 13.2. The van der Waals surface area contributed by atoms with Crippen LogP contribution in [0.4, 0.5) is 0 Å². The molecule has 0 atom stereocenters. The number of nitrogens with zero attached hydrogens (tertiary/aromatic N) is 1. The molecular formula is C28H26N2O5S. The number of hydrogen-bond donors (Lipinski definition) is 1. The molecule has 0 saturated heterocycles. The van der Waals surface area contributed by atoms with Crippen LogP contribution in [0.2, 0.25) is 0 Å². The maximum Gasteiger partial charge on any atom is 0.354 e. The fourth-order valence-corrected chi connectivity index (χ4v) is 6.14. The molecule has 2 aromatic carbocycles. The molecule has 4 aromatic rings. The minimum atomic E-state index is -3.98. The topological polar surface area (TPSA) is 98.2 Å². The summed E-state index contributed by atoms with van der Waals surface area (Å²) in [5.41, 5.74) is 4.68. The first-order valence-electron chi connectivity index (χ1n) is 11.8. The first-order chi connectivity index (χ1) is 17.3. The normalized spacial score (nSPS) is 12.6. The van der Waals surface area contributed by atoms with Gasteiger partial charge in [0.15, 0.2) is 0 Å². The predicted molar refractivity (Wildman–Crippen MR) is 136 cm³/mol. The fourth-order valence-electron chi connectivity index (χ4n) is 4.78. The highest BCUT2D eigenvalue weighted by Gasteiger charge is 2.30. The van der Waals surface area contributed by atoms with E-state index in [1.54, 1.807) is 25.1 Å². The van der Waals surface area contributed by atoms with Crippen LogP contribution < -0.4 is 5.56 Å². The molecule has 0 radical (unpaired) electrons. The van der Waals surface area contributed by atoms with E-state index in [2.05, 4.69) is 4.98 Å². The number of aromatic amines is 1. The van der Waals surface area contributed by atoms with Gasteiger partial charge in [-0.25, -0.2) is 13.2 Å². The Morgan fingerprint density at radius 2 is 1.75 bits per heavy atom. The Bertz CT molecular complexity index is 1630. The summed E-state index contributed by atoms with van der Waals surface area (Å²) in [4.78, 5) is 28.6. The molecule has 8 heteroatoms. The molecule has 0 bridgehead atoms. The van der Waals surface area contributed by atoms with E-state index in [-0.39, 0.29) is 16.4 Å². The van der Waals surface area contributed by atoms with E-state index in [9.17, 15) is 18.0 Å². The number of pyridine rings is 1. The van der Waals surface area contributed by atoms with E-state index in [4.69, 9.17) is 4.74 Å². The van der Waals surface area contributed by atoms with E-state index in [1.807, 2.05) is 41.8 Å². The molecule has 2 aromatic heterocycles. The number of nitrogens with one attached hydrogen (secondary N) is 1. The second-order valence-corrected chi connectivity index (χ2v) is 10.8. The van der Waals surface area contributed by atoms with Crippen LogP contribution in [0.5, 0.6) is 0 Å². The van der Waals surface area contributed by atoms with Crippen molar-refractivity contribution in [3.8, 4) is 11.4 Å². The molecule has 0 spiro atoms. The quantitative estimate of drug-likeness (QED) is 0.396. The highest BCUT2D eigenvalue weighted by Crippen LogP contribution is 2.36. The zero-order chi connectivity index (χ0) is 25.4. The summed E-state index contributed by atoms with van der Waals surface area (Å²) < 4.78 is 33.6. The fraction of sp³-hybridized carbons (Fsp3) is 0.214. The molecule has 1 aliphatic rings. The summed E-state index contributed by atoms with van der Waals surface area (Å²) in [5, 5.41) is 0. The summed E-state index contributed by atoms with van der Waals surface area (Å²) in [7, 11) is -3.98. The summed E-state index contributed by atoms with van der Waals surface area (Å²) in [6, 6.07) is 19.2. The van der Waals surface area contributed by atoms with Gasteiger partial charge in [0.1, 0.15) is 10.6 Å². The van der Waals surface area contributed by atoms with E-state index in [0.29, 0.717) is 36.5 Å². The Morgan fingerprint density at radius 1 is 1.00 bits per heavy atom. The van der Waals surface area contributed by atoms with Crippen molar-refractivity contribution in [2.75, 3.05) is 6.61 Å². The molecule has 184 valence electrons. The number of hydrogen-bond acceptors (Lipinski definition) is 5. The minimum Gasteiger partial charge on any atom is -0.461 e. The Kier molecular flexibility index (Phi) is 6.14. The van der Waals surface area contributed by atoms with Crippen LogP contribution >= 0.6 is 0 Å². The maximum atomic E-state index is 13.2. The van der Waals surface area contributed by atoms with Crippen molar-refractivity contribution in [2.45, 2.75) is 43.0 Å². The second kappa shape index (κ2) is 9.28. The van der Waals surface area contributed by atoms with E-state index < -0.39 is 21.4 Å². The average molecular weight is 503 g/mol. The van der Waals surface area contributed by atoms with Crippen molar-refractivity contribution < 1.29 is 17.9 Å². The van der Waals surface area contributed by atoms with Gasteiger partial charge in [-0.1, -0.05) is 48.0 Å². The lowest BCUT2D eigenvalue weighted by Gasteiger charge is -2.21.